The molecule has 2 heterocycles. The molecule has 0 aliphatic heterocycles. The number of hydrogen-bond acceptors (Lipinski definition) is 6. The summed E-state index contributed by atoms with van der Waals surface area (Å²) in [7, 11) is 0. The predicted octanol–water partition coefficient (Wildman–Crippen LogP) is 4.69. The molecule has 0 fully saturated rings. The van der Waals surface area contributed by atoms with Crippen LogP contribution in [-0.4, -0.2) is 26.8 Å². The molecule has 9 heteroatoms. The van der Waals surface area contributed by atoms with E-state index < -0.39 is 12.2 Å². The molecule has 27 heavy (non-hydrogen) atoms. The molecule has 0 aliphatic carbocycles. The molecule has 0 atom stereocenters. The van der Waals surface area contributed by atoms with Gasteiger partial charge in [0.2, 0.25) is 11.0 Å². The average Bonchev–Trinajstić information content (AvgIpc) is 3.26. The van der Waals surface area contributed by atoms with Gasteiger partial charge in [-0.25, -0.2) is 8.78 Å². The summed E-state index contributed by atoms with van der Waals surface area (Å²) in [5.74, 6) is 1.95. The van der Waals surface area contributed by atoms with Gasteiger partial charge in [0.15, 0.2) is 0 Å². The first-order chi connectivity index (χ1) is 13.1. The molecule has 0 bridgehead atoms. The van der Waals surface area contributed by atoms with Crippen molar-refractivity contribution in [3.63, 3.8) is 0 Å². The van der Waals surface area contributed by atoms with Gasteiger partial charge in [0, 0.05) is 0 Å². The third-order valence-electron chi connectivity index (χ3n) is 3.55. The standard InChI is InChI=1S/C18H18F2N4O2S/c1-3-27-18-23-22-17(16(19)20)24(18)21-10-13-8-9-14(26-13)11-25-15-7-5-4-6-12(15)2/h4-10,16H,3,11H2,1-2H3/b21-10+. The van der Waals surface area contributed by atoms with Crippen molar-refractivity contribution in [2.75, 3.05) is 5.75 Å². The van der Waals surface area contributed by atoms with Gasteiger partial charge in [-0.05, 0) is 36.4 Å². The second kappa shape index (κ2) is 8.81. The fraction of sp³-hybridized carbons (Fsp3) is 0.278. The van der Waals surface area contributed by atoms with Crippen LogP contribution in [0.5, 0.6) is 5.75 Å². The number of nitrogens with zero attached hydrogens (tertiary/aromatic N) is 4. The topological polar surface area (TPSA) is 65.4 Å². The van der Waals surface area contributed by atoms with E-state index in [0.717, 1.165) is 16.0 Å². The van der Waals surface area contributed by atoms with Crippen LogP contribution in [0.3, 0.4) is 0 Å². The van der Waals surface area contributed by atoms with Crippen LogP contribution in [-0.2, 0) is 6.61 Å². The Bertz CT molecular complexity index is 924. The van der Waals surface area contributed by atoms with Gasteiger partial charge in [0.1, 0.15) is 23.9 Å². The number of ether oxygens (including phenoxy) is 1. The molecule has 0 amide bonds. The molecule has 142 valence electrons. The van der Waals surface area contributed by atoms with Crippen molar-refractivity contribution in [2.24, 2.45) is 5.10 Å². The zero-order chi connectivity index (χ0) is 19.2. The van der Waals surface area contributed by atoms with Crippen LogP contribution >= 0.6 is 11.8 Å². The first-order valence-electron chi connectivity index (χ1n) is 8.26. The summed E-state index contributed by atoms with van der Waals surface area (Å²) in [6.07, 6.45) is -1.41. The Morgan fingerprint density at radius 2 is 2.07 bits per heavy atom. The zero-order valence-electron chi connectivity index (χ0n) is 14.8. The Kier molecular flexibility index (Phi) is 6.23. The summed E-state index contributed by atoms with van der Waals surface area (Å²) in [6.45, 7) is 4.11. The van der Waals surface area contributed by atoms with E-state index in [1.54, 1.807) is 12.1 Å². The Labute approximate surface area is 159 Å². The van der Waals surface area contributed by atoms with Gasteiger partial charge < -0.3 is 9.15 Å². The lowest BCUT2D eigenvalue weighted by molar-refractivity contribution is 0.135. The monoisotopic (exact) mass is 392 g/mol. The van der Waals surface area contributed by atoms with Gasteiger partial charge in [-0.1, -0.05) is 36.9 Å². The quantitative estimate of drug-likeness (QED) is 0.411. The van der Waals surface area contributed by atoms with Gasteiger partial charge in [-0.3, -0.25) is 0 Å². The minimum absolute atomic E-state index is 0.255. The van der Waals surface area contributed by atoms with Crippen LogP contribution in [0.1, 0.15) is 36.3 Å². The smallest absolute Gasteiger partial charge is 0.299 e. The Morgan fingerprint density at radius 3 is 2.81 bits per heavy atom. The maximum absolute atomic E-state index is 13.1. The molecular formula is C18H18F2N4O2S. The summed E-state index contributed by atoms with van der Waals surface area (Å²) in [5, 5.41) is 11.6. The van der Waals surface area contributed by atoms with Gasteiger partial charge >= 0.3 is 0 Å². The predicted molar refractivity (Wildman–Crippen MR) is 98.6 cm³/mol. The second-order valence-electron chi connectivity index (χ2n) is 5.49. The van der Waals surface area contributed by atoms with E-state index in [-0.39, 0.29) is 6.61 Å². The number of rotatable bonds is 8. The largest absolute Gasteiger partial charge is 0.485 e. The van der Waals surface area contributed by atoms with Crippen LogP contribution in [0.4, 0.5) is 8.78 Å². The normalized spacial score (nSPS) is 11.6. The first kappa shape index (κ1) is 19.1. The highest BCUT2D eigenvalue weighted by Crippen LogP contribution is 2.23. The van der Waals surface area contributed by atoms with Gasteiger partial charge in [-0.2, -0.15) is 9.78 Å². The van der Waals surface area contributed by atoms with Crippen LogP contribution in [0.2, 0.25) is 0 Å². The minimum Gasteiger partial charge on any atom is -0.485 e. The Balaban J connectivity index is 1.70. The molecule has 0 unspecified atom stereocenters. The summed E-state index contributed by atoms with van der Waals surface area (Å²) >= 11 is 1.28. The number of thioether (sulfide) groups is 1. The molecule has 0 N–H and O–H groups in total. The molecule has 0 saturated heterocycles. The van der Waals surface area contributed by atoms with Crippen LogP contribution in [0.25, 0.3) is 0 Å². The van der Waals surface area contributed by atoms with E-state index in [2.05, 4.69) is 15.3 Å². The van der Waals surface area contributed by atoms with Crippen molar-refractivity contribution in [3.8, 4) is 5.75 Å². The number of aryl methyl sites for hydroxylation is 1. The number of furan rings is 1. The number of aromatic nitrogens is 3. The third-order valence-corrected chi connectivity index (χ3v) is 4.35. The van der Waals surface area contributed by atoms with Crippen molar-refractivity contribution >= 4 is 18.0 Å². The van der Waals surface area contributed by atoms with Gasteiger partial charge in [0.05, 0.1) is 6.21 Å². The van der Waals surface area contributed by atoms with E-state index in [1.165, 1.54) is 18.0 Å². The number of benzene rings is 1. The minimum atomic E-state index is -2.77. The molecule has 0 saturated carbocycles. The van der Waals surface area contributed by atoms with E-state index in [9.17, 15) is 8.78 Å². The van der Waals surface area contributed by atoms with Crippen molar-refractivity contribution in [3.05, 3.63) is 59.3 Å². The Morgan fingerprint density at radius 1 is 1.26 bits per heavy atom. The van der Waals surface area contributed by atoms with E-state index in [0.29, 0.717) is 22.4 Å². The lowest BCUT2D eigenvalue weighted by Gasteiger charge is -2.06. The molecular weight excluding hydrogens is 374 g/mol. The number of alkyl halides is 2. The number of para-hydroxylation sites is 1. The summed E-state index contributed by atoms with van der Waals surface area (Å²) < 4.78 is 38.5. The zero-order valence-corrected chi connectivity index (χ0v) is 15.6. The highest BCUT2D eigenvalue weighted by atomic mass is 32.2. The molecule has 3 rings (SSSR count). The number of hydrogen-bond donors (Lipinski definition) is 0. The van der Waals surface area contributed by atoms with Gasteiger partial charge in [-0.15, -0.1) is 10.2 Å². The van der Waals surface area contributed by atoms with Crippen molar-refractivity contribution in [2.45, 2.75) is 32.0 Å². The highest BCUT2D eigenvalue weighted by molar-refractivity contribution is 7.99. The summed E-state index contributed by atoms with van der Waals surface area (Å²) in [5.41, 5.74) is 1.03. The fourth-order valence-corrected chi connectivity index (χ4v) is 2.88. The fourth-order valence-electron chi connectivity index (χ4n) is 2.26. The average molecular weight is 392 g/mol. The van der Waals surface area contributed by atoms with Crippen molar-refractivity contribution in [1.29, 1.82) is 0 Å². The third kappa shape index (κ3) is 4.73. The van der Waals surface area contributed by atoms with E-state index in [4.69, 9.17) is 9.15 Å². The molecule has 1 aromatic carbocycles. The van der Waals surface area contributed by atoms with Crippen molar-refractivity contribution < 1.29 is 17.9 Å². The summed E-state index contributed by atoms with van der Waals surface area (Å²) in [6, 6.07) is 11.1. The molecule has 3 aromatic rings. The molecule has 0 radical (unpaired) electrons. The van der Waals surface area contributed by atoms with Gasteiger partial charge in [0.25, 0.3) is 6.43 Å². The maximum atomic E-state index is 13.1. The maximum Gasteiger partial charge on any atom is 0.299 e. The SMILES string of the molecule is CCSc1nnc(C(F)F)n1/N=C/c1ccc(COc2ccccc2C)o1. The Hall–Kier alpha value is -2.68. The highest BCUT2D eigenvalue weighted by Gasteiger charge is 2.20. The number of halogens is 2. The molecule has 2 aromatic heterocycles. The van der Waals surface area contributed by atoms with Crippen LogP contribution < -0.4 is 4.74 Å². The lowest BCUT2D eigenvalue weighted by atomic mass is 10.2. The van der Waals surface area contributed by atoms with Crippen molar-refractivity contribution in [1.82, 2.24) is 14.9 Å². The summed E-state index contributed by atoms with van der Waals surface area (Å²) in [4.78, 5) is 0. The lowest BCUT2D eigenvalue weighted by Crippen LogP contribution is -2.00. The van der Waals surface area contributed by atoms with E-state index >= 15 is 0 Å². The molecule has 0 spiro atoms. The van der Waals surface area contributed by atoms with Crippen LogP contribution in [0.15, 0.2) is 51.1 Å². The first-order valence-corrected chi connectivity index (χ1v) is 9.24. The van der Waals surface area contributed by atoms with Crippen LogP contribution in [0, 0.1) is 6.92 Å². The second-order valence-corrected chi connectivity index (χ2v) is 6.72. The molecule has 6 nitrogen and oxygen atoms in total. The van der Waals surface area contributed by atoms with E-state index in [1.807, 2.05) is 38.1 Å². The molecule has 0 aliphatic rings.